The minimum atomic E-state index is -0.635. The number of fused-ring (bicyclic) bond motifs is 2. The van der Waals surface area contributed by atoms with Gasteiger partial charge in [0.05, 0.1) is 0 Å². The molecule has 5 rings (SSSR count). The number of rotatable bonds is 4. The Labute approximate surface area is 180 Å². The molecule has 0 saturated carbocycles. The van der Waals surface area contributed by atoms with Crippen LogP contribution in [0.15, 0.2) is 84.9 Å². The van der Waals surface area contributed by atoms with Gasteiger partial charge in [0.2, 0.25) is 11.8 Å². The van der Waals surface area contributed by atoms with Crippen molar-refractivity contribution in [1.82, 2.24) is 9.47 Å². The highest BCUT2D eigenvalue weighted by Crippen LogP contribution is 2.29. The van der Waals surface area contributed by atoms with Gasteiger partial charge in [0.1, 0.15) is 12.6 Å². The monoisotopic (exact) mass is 409 g/mol. The molecule has 5 heteroatoms. The molecule has 2 heterocycles. The fraction of sp³-hybridized carbons (Fsp3) is 0.154. The minimum absolute atomic E-state index is 0.114. The minimum Gasteiger partial charge on any atom is -0.368 e. The molecule has 1 aliphatic rings. The smallest absolute Gasteiger partial charge is 0.243 e. The summed E-state index contributed by atoms with van der Waals surface area (Å²) < 4.78 is 2.03. The van der Waals surface area contributed by atoms with Crippen LogP contribution >= 0.6 is 0 Å². The van der Waals surface area contributed by atoms with E-state index in [4.69, 9.17) is 5.73 Å². The number of primary amides is 1. The average Bonchev–Trinajstić information content (AvgIpc) is 3.17. The molecule has 0 bridgehead atoms. The lowest BCUT2D eigenvalue weighted by Gasteiger charge is -2.35. The standard InChI is InChI=1S/C26H23N3O2/c27-26(31)24-14-19-10-4-5-12-21(19)16-29(24)25(30)17-28-22-13-7-6-11-20(22)15-23(28)18-8-2-1-3-9-18/h1-13,15,24H,14,16-17H2,(H2,27,31)/t24-/m0/s1. The summed E-state index contributed by atoms with van der Waals surface area (Å²) in [4.78, 5) is 27.4. The molecule has 0 saturated heterocycles. The zero-order chi connectivity index (χ0) is 21.4. The number of benzene rings is 3. The molecule has 0 spiro atoms. The molecule has 1 aromatic heterocycles. The summed E-state index contributed by atoms with van der Waals surface area (Å²) in [5, 5.41) is 1.07. The third-order valence-corrected chi connectivity index (χ3v) is 6.07. The van der Waals surface area contributed by atoms with E-state index in [2.05, 4.69) is 6.07 Å². The van der Waals surface area contributed by atoms with Gasteiger partial charge in [-0.05, 0) is 28.8 Å². The van der Waals surface area contributed by atoms with Crippen LogP contribution in [-0.4, -0.2) is 27.3 Å². The molecular weight excluding hydrogens is 386 g/mol. The van der Waals surface area contributed by atoms with Crippen molar-refractivity contribution in [1.29, 1.82) is 0 Å². The SMILES string of the molecule is NC(=O)[C@@H]1Cc2ccccc2CN1C(=O)Cn1c(-c2ccccc2)cc2ccccc21. The van der Waals surface area contributed by atoms with Crippen molar-refractivity contribution in [2.24, 2.45) is 5.73 Å². The number of para-hydroxylation sites is 1. The molecule has 0 fully saturated rings. The largest absolute Gasteiger partial charge is 0.368 e. The van der Waals surface area contributed by atoms with Crippen LogP contribution in [0.2, 0.25) is 0 Å². The van der Waals surface area contributed by atoms with Gasteiger partial charge in [-0.1, -0.05) is 72.8 Å². The number of aromatic nitrogens is 1. The molecule has 4 aromatic rings. The maximum Gasteiger partial charge on any atom is 0.243 e. The van der Waals surface area contributed by atoms with Gasteiger partial charge in [0.15, 0.2) is 0 Å². The van der Waals surface area contributed by atoms with Gasteiger partial charge < -0.3 is 15.2 Å². The second-order valence-corrected chi connectivity index (χ2v) is 7.95. The van der Waals surface area contributed by atoms with E-state index in [1.807, 2.05) is 83.4 Å². The Morgan fingerprint density at radius 3 is 2.32 bits per heavy atom. The molecule has 0 radical (unpaired) electrons. The summed E-state index contributed by atoms with van der Waals surface area (Å²) in [5.74, 6) is -0.583. The first-order valence-electron chi connectivity index (χ1n) is 10.4. The van der Waals surface area contributed by atoms with E-state index in [-0.39, 0.29) is 12.5 Å². The van der Waals surface area contributed by atoms with Crippen molar-refractivity contribution < 1.29 is 9.59 Å². The molecule has 0 unspecified atom stereocenters. The van der Waals surface area contributed by atoms with Crippen LogP contribution in [0.1, 0.15) is 11.1 Å². The van der Waals surface area contributed by atoms with E-state index in [1.165, 1.54) is 0 Å². The average molecular weight is 409 g/mol. The van der Waals surface area contributed by atoms with Crippen LogP contribution < -0.4 is 5.73 Å². The molecule has 31 heavy (non-hydrogen) atoms. The van der Waals surface area contributed by atoms with Crippen molar-refractivity contribution in [2.75, 3.05) is 0 Å². The van der Waals surface area contributed by atoms with Crippen LogP contribution in [0.25, 0.3) is 22.2 Å². The van der Waals surface area contributed by atoms with E-state index in [9.17, 15) is 9.59 Å². The molecule has 2 N–H and O–H groups in total. The Morgan fingerprint density at radius 2 is 1.55 bits per heavy atom. The van der Waals surface area contributed by atoms with Crippen molar-refractivity contribution in [2.45, 2.75) is 25.6 Å². The maximum atomic E-state index is 13.5. The predicted octanol–water partition coefficient (Wildman–Crippen LogP) is 3.75. The fourth-order valence-corrected chi connectivity index (χ4v) is 4.49. The van der Waals surface area contributed by atoms with Crippen LogP contribution in [0, 0.1) is 0 Å². The van der Waals surface area contributed by atoms with E-state index in [0.717, 1.165) is 33.3 Å². The third kappa shape index (κ3) is 3.48. The Hall–Kier alpha value is -3.86. The third-order valence-electron chi connectivity index (χ3n) is 6.07. The number of amides is 2. The van der Waals surface area contributed by atoms with E-state index >= 15 is 0 Å². The highest BCUT2D eigenvalue weighted by molar-refractivity contribution is 5.91. The van der Waals surface area contributed by atoms with Crippen LogP contribution in [0.4, 0.5) is 0 Å². The molecule has 3 aromatic carbocycles. The number of nitrogens with two attached hydrogens (primary N) is 1. The lowest BCUT2D eigenvalue weighted by atomic mass is 9.93. The number of carbonyl (C=O) groups excluding carboxylic acids is 2. The second kappa shape index (κ2) is 7.76. The Bertz CT molecular complexity index is 1280. The molecule has 1 atom stereocenters. The van der Waals surface area contributed by atoms with Gasteiger partial charge in [-0.25, -0.2) is 0 Å². The Balaban J connectivity index is 1.54. The van der Waals surface area contributed by atoms with Gasteiger partial charge in [-0.15, -0.1) is 0 Å². The summed E-state index contributed by atoms with van der Waals surface area (Å²) >= 11 is 0. The lowest BCUT2D eigenvalue weighted by molar-refractivity contribution is -0.141. The fourth-order valence-electron chi connectivity index (χ4n) is 4.49. The second-order valence-electron chi connectivity index (χ2n) is 7.95. The Kier molecular flexibility index (Phi) is 4.79. The van der Waals surface area contributed by atoms with Crippen LogP contribution in [0.3, 0.4) is 0 Å². The number of carbonyl (C=O) groups is 2. The normalized spacial score (nSPS) is 15.6. The van der Waals surface area contributed by atoms with E-state index in [0.29, 0.717) is 13.0 Å². The number of nitrogens with zero attached hydrogens (tertiary/aromatic N) is 2. The Morgan fingerprint density at radius 1 is 0.871 bits per heavy atom. The van der Waals surface area contributed by atoms with Crippen LogP contribution in [0.5, 0.6) is 0 Å². The lowest BCUT2D eigenvalue weighted by Crippen LogP contribution is -2.52. The van der Waals surface area contributed by atoms with Crippen LogP contribution in [-0.2, 0) is 29.1 Å². The highest BCUT2D eigenvalue weighted by atomic mass is 16.2. The summed E-state index contributed by atoms with van der Waals surface area (Å²) in [6.07, 6.45) is 0.454. The molecule has 154 valence electrons. The summed E-state index contributed by atoms with van der Waals surface area (Å²) in [6, 6.07) is 27.5. The van der Waals surface area contributed by atoms with Crippen molar-refractivity contribution >= 4 is 22.7 Å². The van der Waals surface area contributed by atoms with E-state index < -0.39 is 11.9 Å². The highest BCUT2D eigenvalue weighted by Gasteiger charge is 2.33. The maximum absolute atomic E-state index is 13.5. The van der Waals surface area contributed by atoms with Gasteiger partial charge in [0.25, 0.3) is 0 Å². The quantitative estimate of drug-likeness (QED) is 0.558. The molecule has 0 aliphatic carbocycles. The first-order chi connectivity index (χ1) is 15.1. The summed E-state index contributed by atoms with van der Waals surface area (Å²) in [7, 11) is 0. The predicted molar refractivity (Wildman–Crippen MR) is 121 cm³/mol. The van der Waals surface area contributed by atoms with Gasteiger partial charge in [-0.3, -0.25) is 9.59 Å². The van der Waals surface area contributed by atoms with Gasteiger partial charge >= 0.3 is 0 Å². The number of hydrogen-bond donors (Lipinski definition) is 1. The first-order valence-corrected chi connectivity index (χ1v) is 10.4. The summed E-state index contributed by atoms with van der Waals surface area (Å²) in [6.45, 7) is 0.534. The van der Waals surface area contributed by atoms with Crippen molar-refractivity contribution in [3.63, 3.8) is 0 Å². The zero-order valence-electron chi connectivity index (χ0n) is 17.1. The zero-order valence-corrected chi connectivity index (χ0v) is 17.1. The van der Waals surface area contributed by atoms with Crippen molar-refractivity contribution in [3.05, 3.63) is 96.1 Å². The molecule has 5 nitrogen and oxygen atoms in total. The molecular formula is C26H23N3O2. The van der Waals surface area contributed by atoms with E-state index in [1.54, 1.807) is 4.90 Å². The first kappa shape index (κ1) is 19.1. The van der Waals surface area contributed by atoms with Gasteiger partial charge in [-0.2, -0.15) is 0 Å². The topological polar surface area (TPSA) is 68.3 Å². The number of hydrogen-bond acceptors (Lipinski definition) is 2. The van der Waals surface area contributed by atoms with Gasteiger partial charge in [0, 0.05) is 29.6 Å². The molecule has 2 amide bonds. The molecule has 1 aliphatic heterocycles. The van der Waals surface area contributed by atoms with Crippen molar-refractivity contribution in [3.8, 4) is 11.3 Å². The summed E-state index contributed by atoms with van der Waals surface area (Å²) in [5.41, 5.74) is 10.8.